The van der Waals surface area contributed by atoms with Gasteiger partial charge in [-0.3, -0.25) is 4.79 Å². The lowest BCUT2D eigenvalue weighted by Gasteiger charge is -2.32. The molecule has 1 aliphatic heterocycles. The minimum Gasteiger partial charge on any atom is -0.373 e. The lowest BCUT2D eigenvalue weighted by atomic mass is 10.1. The molecular weight excluding hydrogens is 326 g/mol. The van der Waals surface area contributed by atoms with E-state index in [-0.39, 0.29) is 17.9 Å². The number of aromatic nitrogens is 3. The van der Waals surface area contributed by atoms with Gasteiger partial charge in [0.1, 0.15) is 16.8 Å². The van der Waals surface area contributed by atoms with Crippen molar-refractivity contribution in [3.05, 3.63) is 34.5 Å². The first-order chi connectivity index (χ1) is 11.6. The van der Waals surface area contributed by atoms with Crippen LogP contribution < -0.4 is 5.32 Å². The molecule has 128 valence electrons. The molecule has 1 N–H and O–H groups in total. The second-order valence-corrected chi connectivity index (χ2v) is 6.70. The van der Waals surface area contributed by atoms with Crippen molar-refractivity contribution in [3.8, 4) is 0 Å². The molecule has 0 bridgehead atoms. The summed E-state index contributed by atoms with van der Waals surface area (Å²) in [6, 6.07) is 5.75. The zero-order valence-electron chi connectivity index (χ0n) is 14.0. The highest BCUT2D eigenvalue weighted by molar-refractivity contribution is 7.08. The van der Waals surface area contributed by atoms with Crippen LogP contribution in [0.4, 0.5) is 5.82 Å². The summed E-state index contributed by atoms with van der Waals surface area (Å²) in [5.41, 5.74) is 1.59. The van der Waals surface area contributed by atoms with Crippen LogP contribution in [0.25, 0.3) is 0 Å². The third-order valence-electron chi connectivity index (χ3n) is 3.96. The first-order valence-corrected chi connectivity index (χ1v) is 8.75. The fourth-order valence-corrected chi connectivity index (χ4v) is 3.44. The summed E-state index contributed by atoms with van der Waals surface area (Å²) in [4.78, 5) is 19.8. The number of nitrogens with zero attached hydrogens (tertiary/aromatic N) is 4. The van der Waals surface area contributed by atoms with Gasteiger partial charge in [-0.15, -0.1) is 5.10 Å². The van der Waals surface area contributed by atoms with Crippen molar-refractivity contribution in [1.82, 2.24) is 19.5 Å². The van der Waals surface area contributed by atoms with E-state index in [2.05, 4.69) is 19.9 Å². The lowest BCUT2D eigenvalue weighted by Crippen LogP contribution is -2.42. The van der Waals surface area contributed by atoms with E-state index >= 15 is 0 Å². The molecule has 0 aromatic carbocycles. The van der Waals surface area contributed by atoms with Gasteiger partial charge >= 0.3 is 0 Å². The van der Waals surface area contributed by atoms with Gasteiger partial charge in [-0.1, -0.05) is 24.4 Å². The summed E-state index contributed by atoms with van der Waals surface area (Å²) in [5, 5.41) is 7.12. The number of carbonyl (C=O) groups excluding carboxylic acids is 1. The number of hydrogen-bond acceptors (Lipinski definition) is 7. The first-order valence-electron chi connectivity index (χ1n) is 7.98. The van der Waals surface area contributed by atoms with E-state index in [1.807, 2.05) is 44.0 Å². The number of anilines is 1. The average Bonchev–Trinajstić information content (AvgIpc) is 3.11. The number of hydrogen-bond donors (Lipinski definition) is 1. The lowest BCUT2D eigenvalue weighted by molar-refractivity contribution is -0.0245. The third kappa shape index (κ3) is 3.39. The average molecular weight is 347 g/mol. The van der Waals surface area contributed by atoms with Crippen LogP contribution in [-0.2, 0) is 4.74 Å². The van der Waals surface area contributed by atoms with Gasteiger partial charge in [0.2, 0.25) is 0 Å². The van der Waals surface area contributed by atoms with Gasteiger partial charge in [-0.05, 0) is 29.6 Å². The molecule has 2 aromatic rings. The van der Waals surface area contributed by atoms with Gasteiger partial charge in [0.05, 0.1) is 24.5 Å². The minimum atomic E-state index is -0.223. The molecule has 0 spiro atoms. The van der Waals surface area contributed by atoms with E-state index in [9.17, 15) is 4.79 Å². The molecule has 1 atom stereocenters. The number of ether oxygens (including phenoxy) is 1. The van der Waals surface area contributed by atoms with Crippen LogP contribution in [0, 0.1) is 0 Å². The third-order valence-corrected chi connectivity index (χ3v) is 4.69. The molecule has 1 fully saturated rings. The molecule has 1 unspecified atom stereocenters. The number of carbonyl (C=O) groups is 1. The summed E-state index contributed by atoms with van der Waals surface area (Å²) in [6.45, 7) is 5.57. The summed E-state index contributed by atoms with van der Waals surface area (Å²) in [5.74, 6) is 0.939. The quantitative estimate of drug-likeness (QED) is 0.914. The van der Waals surface area contributed by atoms with Crippen molar-refractivity contribution < 1.29 is 9.53 Å². The fraction of sp³-hybridized carbons (Fsp3) is 0.500. The predicted octanol–water partition coefficient (Wildman–Crippen LogP) is 2.31. The molecule has 3 rings (SSSR count). The highest BCUT2D eigenvalue weighted by Crippen LogP contribution is 2.26. The fourth-order valence-electron chi connectivity index (χ4n) is 2.65. The molecule has 8 heteroatoms. The van der Waals surface area contributed by atoms with E-state index < -0.39 is 0 Å². The number of rotatable bonds is 4. The largest absolute Gasteiger partial charge is 0.373 e. The zero-order valence-corrected chi connectivity index (χ0v) is 14.8. The normalized spacial score (nSPS) is 18.0. The van der Waals surface area contributed by atoms with E-state index in [1.54, 1.807) is 0 Å². The second-order valence-electron chi connectivity index (χ2n) is 5.95. The Bertz CT molecular complexity index is 718. The maximum atomic E-state index is 12.9. The van der Waals surface area contributed by atoms with Gasteiger partial charge in [-0.25, -0.2) is 4.98 Å². The van der Waals surface area contributed by atoms with E-state index in [4.69, 9.17) is 4.74 Å². The zero-order chi connectivity index (χ0) is 17.1. The smallest absolute Gasteiger partial charge is 0.267 e. The van der Waals surface area contributed by atoms with Gasteiger partial charge in [-0.2, -0.15) is 0 Å². The van der Waals surface area contributed by atoms with E-state index in [0.717, 1.165) is 28.7 Å². The number of amides is 1. The van der Waals surface area contributed by atoms with E-state index in [0.29, 0.717) is 24.6 Å². The molecule has 0 aliphatic carbocycles. The van der Waals surface area contributed by atoms with Crippen molar-refractivity contribution in [2.24, 2.45) is 0 Å². The van der Waals surface area contributed by atoms with Crippen molar-refractivity contribution >= 4 is 23.3 Å². The first kappa shape index (κ1) is 16.8. The molecule has 1 saturated heterocycles. The summed E-state index contributed by atoms with van der Waals surface area (Å²) in [7, 11) is 1.83. The number of pyridine rings is 1. The molecule has 0 saturated carbocycles. The number of morpholine rings is 1. The van der Waals surface area contributed by atoms with Gasteiger partial charge in [0, 0.05) is 13.6 Å². The molecule has 2 aromatic heterocycles. The Morgan fingerprint density at radius 2 is 2.29 bits per heavy atom. The molecule has 0 radical (unpaired) electrons. The Labute approximate surface area is 145 Å². The maximum absolute atomic E-state index is 12.9. The summed E-state index contributed by atoms with van der Waals surface area (Å²) < 4.78 is 9.78. The Morgan fingerprint density at radius 1 is 1.46 bits per heavy atom. The van der Waals surface area contributed by atoms with Gasteiger partial charge < -0.3 is 15.0 Å². The molecule has 24 heavy (non-hydrogen) atoms. The Morgan fingerprint density at radius 3 is 3.04 bits per heavy atom. The van der Waals surface area contributed by atoms with Crippen LogP contribution >= 0.6 is 11.5 Å². The van der Waals surface area contributed by atoms with Crippen LogP contribution in [0.1, 0.15) is 46.9 Å². The predicted molar refractivity (Wildman–Crippen MR) is 92.4 cm³/mol. The van der Waals surface area contributed by atoms with Crippen LogP contribution in [0.15, 0.2) is 18.2 Å². The second kappa shape index (κ2) is 7.23. The standard InChI is InChI=1S/C16H21N5O2S/c1-10(2)14-15(24-20-19-14)16(22)21-7-8-23-12(9-21)11-5-4-6-13(17-3)18-11/h4-6,10,12H,7-9H2,1-3H3,(H,17,18). The van der Waals surface area contributed by atoms with Crippen LogP contribution in [0.2, 0.25) is 0 Å². The van der Waals surface area contributed by atoms with Crippen molar-refractivity contribution in [1.29, 1.82) is 0 Å². The van der Waals surface area contributed by atoms with Crippen molar-refractivity contribution in [3.63, 3.8) is 0 Å². The van der Waals surface area contributed by atoms with Gasteiger partial charge in [0.25, 0.3) is 5.91 Å². The van der Waals surface area contributed by atoms with E-state index in [1.165, 1.54) is 0 Å². The summed E-state index contributed by atoms with van der Waals surface area (Å²) in [6.07, 6.45) is -0.223. The van der Waals surface area contributed by atoms with Crippen LogP contribution in [-0.4, -0.2) is 52.1 Å². The minimum absolute atomic E-state index is 0.0215. The Kier molecular flexibility index (Phi) is 5.06. The highest BCUT2D eigenvalue weighted by Gasteiger charge is 2.30. The van der Waals surface area contributed by atoms with Crippen molar-refractivity contribution in [2.75, 3.05) is 32.1 Å². The number of nitrogens with one attached hydrogen (secondary N) is 1. The Hall–Kier alpha value is -2.06. The Balaban J connectivity index is 1.77. The molecular formula is C16H21N5O2S. The van der Waals surface area contributed by atoms with Gasteiger partial charge in [0.15, 0.2) is 0 Å². The molecule has 1 aliphatic rings. The molecule has 7 nitrogen and oxygen atoms in total. The van der Waals surface area contributed by atoms with Crippen LogP contribution in [0.5, 0.6) is 0 Å². The monoisotopic (exact) mass is 347 g/mol. The SMILES string of the molecule is CNc1cccc(C2CN(C(=O)c3snnc3C(C)C)CCO2)n1. The maximum Gasteiger partial charge on any atom is 0.267 e. The molecule has 1 amide bonds. The topological polar surface area (TPSA) is 80.2 Å². The molecule has 3 heterocycles. The summed E-state index contributed by atoms with van der Waals surface area (Å²) >= 11 is 1.16. The highest BCUT2D eigenvalue weighted by atomic mass is 32.1. The van der Waals surface area contributed by atoms with Crippen LogP contribution in [0.3, 0.4) is 0 Å². The van der Waals surface area contributed by atoms with Crippen molar-refractivity contribution in [2.45, 2.75) is 25.9 Å².